The molecule has 0 unspecified atom stereocenters. The van der Waals surface area contributed by atoms with E-state index in [2.05, 4.69) is 9.72 Å². The summed E-state index contributed by atoms with van der Waals surface area (Å²) in [5.74, 6) is -3.46. The van der Waals surface area contributed by atoms with Crippen LogP contribution < -0.4 is 15.2 Å². The van der Waals surface area contributed by atoms with Crippen LogP contribution in [0, 0.1) is 5.95 Å². The molecule has 0 saturated carbocycles. The first-order chi connectivity index (χ1) is 13.0. The highest BCUT2D eigenvalue weighted by Gasteiger charge is 2.16. The van der Waals surface area contributed by atoms with Crippen LogP contribution in [0.25, 0.3) is 0 Å². The van der Waals surface area contributed by atoms with Crippen molar-refractivity contribution in [1.29, 1.82) is 0 Å². The summed E-state index contributed by atoms with van der Waals surface area (Å²) in [6.07, 6.45) is 0. The SMILES string of the molecule is Nc1c(Cl)c(F)nc(OCC(=O)O)c1Cl.O=C(O)COc1ccc(Cl)cc1Cl. The van der Waals surface area contributed by atoms with Crippen molar-refractivity contribution in [2.45, 2.75) is 0 Å². The lowest BCUT2D eigenvalue weighted by Gasteiger charge is -2.07. The number of nitrogens with zero attached hydrogens (tertiary/aromatic N) is 1. The van der Waals surface area contributed by atoms with E-state index in [1.807, 2.05) is 0 Å². The normalized spacial score (nSPS) is 9.89. The zero-order valence-electron chi connectivity index (χ0n) is 13.6. The largest absolute Gasteiger partial charge is 0.480 e. The molecule has 4 N–H and O–H groups in total. The molecule has 0 aliphatic heterocycles. The van der Waals surface area contributed by atoms with E-state index < -0.39 is 42.0 Å². The van der Waals surface area contributed by atoms with Gasteiger partial charge in [0.1, 0.15) is 15.8 Å². The molecule has 0 spiro atoms. The molecule has 1 aromatic heterocycles. The lowest BCUT2D eigenvalue weighted by molar-refractivity contribution is -0.140. The quantitative estimate of drug-likeness (QED) is 0.533. The topological polar surface area (TPSA) is 132 Å². The molecule has 2 rings (SSSR count). The van der Waals surface area contributed by atoms with Gasteiger partial charge in [0.15, 0.2) is 13.2 Å². The van der Waals surface area contributed by atoms with E-state index in [0.29, 0.717) is 15.8 Å². The summed E-state index contributed by atoms with van der Waals surface area (Å²) < 4.78 is 22.4. The predicted molar refractivity (Wildman–Crippen MR) is 101 cm³/mol. The molecule has 13 heteroatoms. The van der Waals surface area contributed by atoms with E-state index in [9.17, 15) is 14.0 Å². The van der Waals surface area contributed by atoms with Crippen molar-refractivity contribution >= 4 is 64.0 Å². The number of halogens is 5. The number of carbonyl (C=O) groups is 2. The zero-order chi connectivity index (χ0) is 21.4. The van der Waals surface area contributed by atoms with E-state index in [-0.39, 0.29) is 10.7 Å². The van der Waals surface area contributed by atoms with Crippen molar-refractivity contribution in [2.24, 2.45) is 0 Å². The van der Waals surface area contributed by atoms with Crippen LogP contribution in [0.1, 0.15) is 0 Å². The third-order valence-corrected chi connectivity index (χ3v) is 3.87. The van der Waals surface area contributed by atoms with Gasteiger partial charge in [0.05, 0.1) is 10.7 Å². The molecular formula is C15H11Cl4FN2O6. The summed E-state index contributed by atoms with van der Waals surface area (Å²) in [5, 5.41) is 16.8. The highest BCUT2D eigenvalue weighted by molar-refractivity contribution is 6.39. The van der Waals surface area contributed by atoms with Crippen molar-refractivity contribution in [3.05, 3.63) is 44.2 Å². The van der Waals surface area contributed by atoms with E-state index in [1.54, 1.807) is 6.07 Å². The molecule has 0 bridgehead atoms. The molecule has 0 aliphatic rings. The number of pyridine rings is 1. The lowest BCUT2D eigenvalue weighted by atomic mass is 10.3. The first kappa shape index (κ1) is 23.8. The van der Waals surface area contributed by atoms with Gasteiger partial charge in [-0.05, 0) is 18.2 Å². The Morgan fingerprint density at radius 2 is 1.61 bits per heavy atom. The summed E-state index contributed by atoms with van der Waals surface area (Å²) in [7, 11) is 0. The molecule has 2 aromatic rings. The van der Waals surface area contributed by atoms with Gasteiger partial charge in [0.25, 0.3) is 0 Å². The number of aliphatic carboxylic acids is 2. The molecule has 0 radical (unpaired) electrons. The minimum atomic E-state index is -1.25. The van der Waals surface area contributed by atoms with Gasteiger partial charge in [0.2, 0.25) is 11.8 Å². The second-order valence-electron chi connectivity index (χ2n) is 4.69. The fourth-order valence-electron chi connectivity index (χ4n) is 1.47. The van der Waals surface area contributed by atoms with Gasteiger partial charge < -0.3 is 25.4 Å². The van der Waals surface area contributed by atoms with E-state index in [4.69, 9.17) is 67.1 Å². The molecule has 1 heterocycles. The van der Waals surface area contributed by atoms with Crippen molar-refractivity contribution in [2.75, 3.05) is 18.9 Å². The molecule has 28 heavy (non-hydrogen) atoms. The van der Waals surface area contributed by atoms with Gasteiger partial charge >= 0.3 is 11.9 Å². The first-order valence-corrected chi connectivity index (χ1v) is 8.48. The number of aromatic nitrogens is 1. The van der Waals surface area contributed by atoms with Crippen molar-refractivity contribution in [3.63, 3.8) is 0 Å². The maximum Gasteiger partial charge on any atom is 0.341 e. The molecule has 0 aliphatic carbocycles. The van der Waals surface area contributed by atoms with Gasteiger partial charge in [-0.15, -0.1) is 0 Å². The number of nitrogen functional groups attached to an aromatic ring is 1. The molecule has 152 valence electrons. The molecule has 0 amide bonds. The molecular weight excluding hydrogens is 465 g/mol. The molecule has 0 fully saturated rings. The second-order valence-corrected chi connectivity index (χ2v) is 6.29. The summed E-state index contributed by atoms with van der Waals surface area (Å²) >= 11 is 22.3. The predicted octanol–water partition coefficient (Wildman–Crippen LogP) is 4.03. The van der Waals surface area contributed by atoms with Gasteiger partial charge in [-0.3, -0.25) is 0 Å². The highest BCUT2D eigenvalue weighted by Crippen LogP contribution is 2.35. The van der Waals surface area contributed by atoms with Gasteiger partial charge in [-0.2, -0.15) is 9.37 Å². The lowest BCUT2D eigenvalue weighted by Crippen LogP contribution is -2.11. The van der Waals surface area contributed by atoms with Crippen molar-refractivity contribution < 1.29 is 33.7 Å². The number of carboxylic acids is 2. The van der Waals surface area contributed by atoms with Crippen molar-refractivity contribution in [1.82, 2.24) is 4.98 Å². The molecule has 0 atom stereocenters. The average Bonchev–Trinajstić information content (AvgIpc) is 2.61. The van der Waals surface area contributed by atoms with Crippen LogP contribution in [0.15, 0.2) is 18.2 Å². The number of nitrogens with two attached hydrogens (primary N) is 1. The Hall–Kier alpha value is -2.20. The Balaban J connectivity index is 0.000000283. The van der Waals surface area contributed by atoms with E-state index in [1.165, 1.54) is 12.1 Å². The molecule has 8 nitrogen and oxygen atoms in total. The van der Waals surface area contributed by atoms with Gasteiger partial charge in [-0.1, -0.05) is 46.4 Å². The Bertz CT molecular complexity index is 884. The maximum absolute atomic E-state index is 12.9. The van der Waals surface area contributed by atoms with Crippen LogP contribution in [0.3, 0.4) is 0 Å². The third kappa shape index (κ3) is 7.43. The summed E-state index contributed by atoms with van der Waals surface area (Å²) in [4.78, 5) is 23.5. The standard InChI is InChI=1S/C8H6Cl2O3.C7H5Cl2FN2O3/c9-5-1-2-7(6(10)3-5)13-4-8(11)12;8-3-5(11)4(9)7(12-6(3)10)15-1-2(13)14/h1-3H,4H2,(H,11,12);1H2,(H2,11,12)(H,13,14). The molecule has 0 saturated heterocycles. The van der Waals surface area contributed by atoms with Crippen LogP contribution in [0.4, 0.5) is 10.1 Å². The molecule has 1 aromatic carbocycles. The van der Waals surface area contributed by atoms with Crippen LogP contribution in [-0.2, 0) is 9.59 Å². The third-order valence-electron chi connectivity index (χ3n) is 2.62. The first-order valence-electron chi connectivity index (χ1n) is 6.97. The Morgan fingerprint density at radius 3 is 2.14 bits per heavy atom. The van der Waals surface area contributed by atoms with Crippen molar-refractivity contribution in [3.8, 4) is 11.6 Å². The number of hydrogen-bond acceptors (Lipinski definition) is 6. The Kier molecular flexibility index (Phi) is 9.33. The van der Waals surface area contributed by atoms with Gasteiger partial charge in [-0.25, -0.2) is 9.59 Å². The fraction of sp³-hybridized carbons (Fsp3) is 0.133. The minimum absolute atomic E-state index is 0.220. The Morgan fingerprint density at radius 1 is 1.04 bits per heavy atom. The number of hydrogen-bond donors (Lipinski definition) is 3. The number of ether oxygens (including phenoxy) is 2. The smallest absolute Gasteiger partial charge is 0.341 e. The number of benzene rings is 1. The second kappa shape index (κ2) is 11.0. The van der Waals surface area contributed by atoms with Crippen LogP contribution >= 0.6 is 46.4 Å². The van der Waals surface area contributed by atoms with Crippen LogP contribution in [-0.4, -0.2) is 40.3 Å². The number of rotatable bonds is 6. The van der Waals surface area contributed by atoms with Crippen LogP contribution in [0.5, 0.6) is 11.6 Å². The fourth-order valence-corrected chi connectivity index (χ4v) is 2.31. The zero-order valence-corrected chi connectivity index (χ0v) is 16.6. The number of anilines is 1. The number of carboxylic acid groups (broad SMARTS) is 2. The summed E-state index contributed by atoms with van der Waals surface area (Å²) in [6.45, 7) is -1.12. The minimum Gasteiger partial charge on any atom is -0.480 e. The summed E-state index contributed by atoms with van der Waals surface area (Å²) in [6, 6.07) is 4.58. The highest BCUT2D eigenvalue weighted by atomic mass is 35.5. The van der Waals surface area contributed by atoms with E-state index in [0.717, 1.165) is 0 Å². The van der Waals surface area contributed by atoms with E-state index >= 15 is 0 Å². The monoisotopic (exact) mass is 474 g/mol. The maximum atomic E-state index is 12.9. The Labute approximate surface area is 177 Å². The van der Waals surface area contributed by atoms with Crippen LogP contribution in [0.2, 0.25) is 20.1 Å². The average molecular weight is 476 g/mol. The summed E-state index contributed by atoms with van der Waals surface area (Å²) in [5.41, 5.74) is 5.07. The van der Waals surface area contributed by atoms with Gasteiger partial charge in [0, 0.05) is 5.02 Å².